The molecule has 3 heterocycles. The maximum atomic E-state index is 13.5. The molecule has 3 aliphatic heterocycles. The van der Waals surface area contributed by atoms with Crippen molar-refractivity contribution in [1.29, 1.82) is 0 Å². The van der Waals surface area contributed by atoms with Crippen LogP contribution >= 0.6 is 11.6 Å². The highest BCUT2D eigenvalue weighted by Crippen LogP contribution is 2.31. The van der Waals surface area contributed by atoms with E-state index < -0.39 is 10.0 Å². The lowest BCUT2D eigenvalue weighted by atomic mass is 10.0. The smallest absolute Gasteiger partial charge is 0.409 e. The van der Waals surface area contributed by atoms with Crippen molar-refractivity contribution < 1.29 is 17.9 Å². The van der Waals surface area contributed by atoms with E-state index in [1.54, 1.807) is 16.4 Å². The van der Waals surface area contributed by atoms with Gasteiger partial charge in [-0.3, -0.25) is 9.80 Å². The first-order valence-corrected chi connectivity index (χ1v) is 16.3. The molecule has 3 aliphatic rings. The summed E-state index contributed by atoms with van der Waals surface area (Å²) < 4.78 is 34.4. The number of amides is 1. The number of hydrogen-bond acceptors (Lipinski definition) is 6. The highest BCUT2D eigenvalue weighted by Gasteiger charge is 2.39. The fraction of sp³-hybridized carbons (Fsp3) is 0.567. The van der Waals surface area contributed by atoms with Crippen LogP contribution in [-0.2, 0) is 21.3 Å². The van der Waals surface area contributed by atoms with Crippen LogP contribution in [0.2, 0.25) is 5.02 Å². The van der Waals surface area contributed by atoms with Crippen LogP contribution in [0.5, 0.6) is 0 Å². The van der Waals surface area contributed by atoms with Crippen molar-refractivity contribution in [2.45, 2.75) is 68.6 Å². The van der Waals surface area contributed by atoms with Gasteiger partial charge < -0.3 is 9.64 Å². The number of ether oxygens (including phenoxy) is 1. The van der Waals surface area contributed by atoms with E-state index in [9.17, 15) is 13.2 Å². The van der Waals surface area contributed by atoms with Gasteiger partial charge >= 0.3 is 6.09 Å². The minimum absolute atomic E-state index is 0.0648. The number of likely N-dealkylation sites (tertiary alicyclic amines) is 1. The average Bonchev–Trinajstić information content (AvgIpc) is 2.97. The van der Waals surface area contributed by atoms with Gasteiger partial charge in [0.15, 0.2) is 0 Å². The lowest BCUT2D eigenvalue weighted by Crippen LogP contribution is -2.56. The minimum atomic E-state index is -3.74. The van der Waals surface area contributed by atoms with Crippen LogP contribution in [0.3, 0.4) is 0 Å². The van der Waals surface area contributed by atoms with Gasteiger partial charge in [0.1, 0.15) is 6.61 Å². The molecular formula is C30H41ClN4O4S. The van der Waals surface area contributed by atoms with E-state index in [-0.39, 0.29) is 29.7 Å². The molecule has 0 saturated carbocycles. The van der Waals surface area contributed by atoms with Crippen LogP contribution in [0.1, 0.15) is 44.6 Å². The van der Waals surface area contributed by atoms with Crippen LogP contribution in [-0.4, -0.2) is 97.5 Å². The summed E-state index contributed by atoms with van der Waals surface area (Å²) in [5.74, 6) is 0. The van der Waals surface area contributed by atoms with Gasteiger partial charge in [-0.1, -0.05) is 48.4 Å². The zero-order valence-electron chi connectivity index (χ0n) is 23.3. The van der Waals surface area contributed by atoms with Crippen LogP contribution < -0.4 is 0 Å². The fourth-order valence-electron chi connectivity index (χ4n) is 6.39. The molecule has 3 fully saturated rings. The molecule has 8 nitrogen and oxygen atoms in total. The van der Waals surface area contributed by atoms with Crippen LogP contribution in [0, 0.1) is 0 Å². The Kier molecular flexibility index (Phi) is 9.68. The monoisotopic (exact) mass is 588 g/mol. The van der Waals surface area contributed by atoms with Gasteiger partial charge in [-0.05, 0) is 62.4 Å². The third-order valence-corrected chi connectivity index (χ3v) is 10.9. The summed E-state index contributed by atoms with van der Waals surface area (Å²) in [6.07, 6.45) is 4.04. The molecule has 5 rings (SSSR count). The van der Waals surface area contributed by atoms with Crippen LogP contribution in [0.4, 0.5) is 4.79 Å². The number of piperazine rings is 1. The molecular weight excluding hydrogens is 548 g/mol. The fourth-order valence-corrected chi connectivity index (χ4v) is 8.37. The van der Waals surface area contributed by atoms with Gasteiger partial charge in [0.25, 0.3) is 0 Å². The molecule has 0 spiro atoms. The van der Waals surface area contributed by atoms with E-state index in [0.717, 1.165) is 58.4 Å². The molecule has 2 aromatic rings. The molecule has 0 aliphatic carbocycles. The van der Waals surface area contributed by atoms with Crippen molar-refractivity contribution in [2.75, 3.05) is 45.9 Å². The number of piperidine rings is 2. The summed E-state index contributed by atoms with van der Waals surface area (Å²) in [5.41, 5.74) is 1.34. The van der Waals surface area contributed by atoms with E-state index in [2.05, 4.69) is 40.1 Å². The minimum Gasteiger partial charge on any atom is -0.448 e. The van der Waals surface area contributed by atoms with Crippen LogP contribution in [0.15, 0.2) is 59.5 Å². The van der Waals surface area contributed by atoms with Crippen molar-refractivity contribution in [3.63, 3.8) is 0 Å². The molecule has 1 amide bonds. The largest absolute Gasteiger partial charge is 0.448 e. The summed E-state index contributed by atoms with van der Waals surface area (Å²) >= 11 is 5.98. The predicted molar refractivity (Wildman–Crippen MR) is 157 cm³/mol. The van der Waals surface area contributed by atoms with Gasteiger partial charge in [0.05, 0.1) is 10.9 Å². The first-order valence-electron chi connectivity index (χ1n) is 14.5. The maximum Gasteiger partial charge on any atom is 0.409 e. The normalized spacial score (nSPS) is 25.6. The molecule has 3 atom stereocenters. The van der Waals surface area contributed by atoms with Gasteiger partial charge in [0, 0.05) is 62.9 Å². The number of hydrogen-bond donors (Lipinski definition) is 0. The molecule has 0 bridgehead atoms. The first kappa shape index (κ1) is 29.3. The first-order chi connectivity index (χ1) is 19.3. The van der Waals surface area contributed by atoms with E-state index in [1.165, 1.54) is 17.7 Å². The second kappa shape index (κ2) is 13.2. The Morgan fingerprint density at radius 1 is 0.925 bits per heavy atom. The predicted octanol–water partition coefficient (Wildman–Crippen LogP) is 4.69. The Labute approximate surface area is 243 Å². The Morgan fingerprint density at radius 3 is 2.38 bits per heavy atom. The summed E-state index contributed by atoms with van der Waals surface area (Å²) in [7, 11) is -3.74. The van der Waals surface area contributed by atoms with E-state index in [4.69, 9.17) is 16.3 Å². The Hall–Kier alpha value is -2.17. The molecule has 218 valence electrons. The molecule has 10 heteroatoms. The Morgan fingerprint density at radius 2 is 1.65 bits per heavy atom. The second-order valence-corrected chi connectivity index (χ2v) is 13.6. The zero-order valence-corrected chi connectivity index (χ0v) is 24.9. The quantitative estimate of drug-likeness (QED) is 0.467. The molecule has 1 unspecified atom stereocenters. The van der Waals surface area contributed by atoms with Crippen molar-refractivity contribution in [2.24, 2.45) is 0 Å². The van der Waals surface area contributed by atoms with Crippen molar-refractivity contribution in [3.8, 4) is 0 Å². The Balaban J connectivity index is 1.14. The third kappa shape index (κ3) is 6.99. The molecule has 40 heavy (non-hydrogen) atoms. The molecule has 0 aromatic heterocycles. The van der Waals surface area contributed by atoms with Gasteiger partial charge in [-0.2, -0.15) is 4.31 Å². The number of carbonyl (C=O) groups is 1. The van der Waals surface area contributed by atoms with Gasteiger partial charge in [-0.25, -0.2) is 13.2 Å². The SMILES string of the molecule is C[C@@H]1CCC[C@H](COC(=O)N2CCCC(N3CCN(Cc4ccccc4)CC3)C2)N1S(=O)(=O)c1ccc(Cl)cc1. The number of benzene rings is 2. The Bertz CT molecular complexity index is 1220. The third-order valence-electron chi connectivity index (χ3n) is 8.57. The van der Waals surface area contributed by atoms with E-state index in [1.807, 2.05) is 11.8 Å². The average molecular weight is 589 g/mol. The number of sulfonamides is 1. The topological polar surface area (TPSA) is 73.4 Å². The highest BCUT2D eigenvalue weighted by atomic mass is 35.5. The summed E-state index contributed by atoms with van der Waals surface area (Å²) in [6, 6.07) is 16.6. The molecule has 3 saturated heterocycles. The summed E-state index contributed by atoms with van der Waals surface area (Å²) in [6.45, 7) is 8.34. The number of halogens is 1. The lowest BCUT2D eigenvalue weighted by Gasteiger charge is -2.43. The van der Waals surface area contributed by atoms with E-state index >= 15 is 0 Å². The van der Waals surface area contributed by atoms with Gasteiger partial charge in [-0.15, -0.1) is 0 Å². The lowest BCUT2D eigenvalue weighted by molar-refractivity contribution is 0.0303. The summed E-state index contributed by atoms with van der Waals surface area (Å²) in [4.78, 5) is 20.2. The number of nitrogens with zero attached hydrogens (tertiary/aromatic N) is 4. The molecule has 2 aromatic carbocycles. The molecule has 0 N–H and O–H groups in total. The second-order valence-electron chi connectivity index (χ2n) is 11.3. The standard InChI is InChI=1S/C30H41ClN4O4S/c1-24-7-5-10-28(35(24)40(37,38)29-14-12-26(31)13-15-29)23-39-30(36)34-16-6-11-27(22-34)33-19-17-32(18-20-33)21-25-8-3-2-4-9-25/h2-4,8-9,12-15,24,27-28H,5-7,10-11,16-23H2,1H3/t24-,27?,28-/m1/s1. The highest BCUT2D eigenvalue weighted by molar-refractivity contribution is 7.89. The number of rotatable bonds is 7. The molecule has 0 radical (unpaired) electrons. The van der Waals surface area contributed by atoms with E-state index in [0.29, 0.717) is 30.6 Å². The van der Waals surface area contributed by atoms with Crippen molar-refractivity contribution >= 4 is 27.7 Å². The van der Waals surface area contributed by atoms with Crippen LogP contribution in [0.25, 0.3) is 0 Å². The maximum absolute atomic E-state index is 13.5. The van der Waals surface area contributed by atoms with Crippen molar-refractivity contribution in [1.82, 2.24) is 19.0 Å². The van der Waals surface area contributed by atoms with Gasteiger partial charge in [0.2, 0.25) is 10.0 Å². The number of carbonyl (C=O) groups excluding carboxylic acids is 1. The van der Waals surface area contributed by atoms with Crippen molar-refractivity contribution in [3.05, 3.63) is 65.2 Å². The summed E-state index contributed by atoms with van der Waals surface area (Å²) in [5, 5.41) is 0.491. The zero-order chi connectivity index (χ0) is 28.1.